The topological polar surface area (TPSA) is 91.0 Å². The van der Waals surface area contributed by atoms with Crippen LogP contribution in [0.5, 0.6) is 5.75 Å². The Morgan fingerprint density at radius 1 is 1.15 bits per heavy atom. The van der Waals surface area contributed by atoms with E-state index in [-0.39, 0.29) is 24.3 Å². The van der Waals surface area contributed by atoms with Gasteiger partial charge in [0, 0.05) is 25.1 Å². The van der Waals surface area contributed by atoms with Crippen molar-refractivity contribution in [2.45, 2.75) is 40.2 Å². The highest BCUT2D eigenvalue weighted by atomic mass is 35.5. The van der Waals surface area contributed by atoms with Gasteiger partial charge in [-0.15, -0.1) is 0 Å². The fraction of sp³-hybridized carbons (Fsp3) is 0.280. The van der Waals surface area contributed by atoms with E-state index < -0.39 is 0 Å². The molecular weight excluding hydrogens is 454 g/mol. The third-order valence-corrected chi connectivity index (χ3v) is 5.91. The molecule has 176 valence electrons. The molecule has 8 nitrogen and oxygen atoms in total. The normalized spacial score (nSPS) is 11.1. The molecule has 4 aromatic rings. The number of amides is 1. The first kappa shape index (κ1) is 23.5. The van der Waals surface area contributed by atoms with E-state index in [9.17, 15) is 9.59 Å². The molecule has 0 aliphatic carbocycles. The number of rotatable bonds is 7. The second kappa shape index (κ2) is 9.69. The molecule has 0 aliphatic rings. The second-order valence-electron chi connectivity index (χ2n) is 8.01. The number of hydrogen-bond acceptors (Lipinski definition) is 5. The maximum Gasteiger partial charge on any atom is 0.273 e. The summed E-state index contributed by atoms with van der Waals surface area (Å²) in [5.41, 5.74) is 4.69. The number of carbonyl (C=O) groups is 1. The zero-order valence-corrected chi connectivity index (χ0v) is 20.3. The Kier molecular flexibility index (Phi) is 6.70. The van der Waals surface area contributed by atoms with E-state index in [4.69, 9.17) is 16.3 Å². The summed E-state index contributed by atoms with van der Waals surface area (Å²) in [6.45, 7) is 6.25. The molecule has 0 spiro atoms. The number of methoxy groups -OCH3 is 1. The molecule has 0 atom stereocenters. The van der Waals surface area contributed by atoms with Gasteiger partial charge in [0.15, 0.2) is 5.65 Å². The molecule has 0 bridgehead atoms. The van der Waals surface area contributed by atoms with Gasteiger partial charge in [-0.1, -0.05) is 29.3 Å². The molecule has 1 N–H and O–H groups in total. The van der Waals surface area contributed by atoms with Crippen molar-refractivity contribution in [3.05, 3.63) is 74.8 Å². The average Bonchev–Trinajstić information content (AvgIpc) is 3.14. The minimum Gasteiger partial charge on any atom is -0.495 e. The fourth-order valence-electron chi connectivity index (χ4n) is 3.84. The van der Waals surface area contributed by atoms with Crippen LogP contribution in [0, 0.1) is 13.8 Å². The molecule has 2 aromatic carbocycles. The van der Waals surface area contributed by atoms with Crippen molar-refractivity contribution in [2.75, 3.05) is 12.4 Å². The van der Waals surface area contributed by atoms with Crippen LogP contribution in [-0.2, 0) is 17.8 Å². The standard InChI is InChI=1S/C25H26ClN5O3/c1-5-30-24-23(16(3)29-31(24)18-9-6-15(2)7-10-18)28-20(25(30)33)11-13-22(32)27-17-8-12-21(34-4)19(26)14-17/h6-10,12,14H,5,11,13H2,1-4H3,(H,27,32). The summed E-state index contributed by atoms with van der Waals surface area (Å²) in [7, 11) is 1.53. The predicted molar refractivity (Wildman–Crippen MR) is 133 cm³/mol. The Labute approximate surface area is 202 Å². The highest BCUT2D eigenvalue weighted by molar-refractivity contribution is 6.32. The number of halogens is 1. The predicted octanol–water partition coefficient (Wildman–Crippen LogP) is 4.45. The summed E-state index contributed by atoms with van der Waals surface area (Å²) < 4.78 is 8.55. The first-order chi connectivity index (χ1) is 16.3. The van der Waals surface area contributed by atoms with E-state index in [1.54, 1.807) is 27.4 Å². The molecule has 0 unspecified atom stereocenters. The number of aryl methyl sites for hydroxylation is 4. The van der Waals surface area contributed by atoms with Crippen LogP contribution in [-0.4, -0.2) is 32.3 Å². The maximum atomic E-state index is 13.2. The van der Waals surface area contributed by atoms with Crippen LogP contribution in [0.2, 0.25) is 5.02 Å². The highest BCUT2D eigenvalue weighted by Crippen LogP contribution is 2.27. The van der Waals surface area contributed by atoms with Crippen molar-refractivity contribution in [2.24, 2.45) is 0 Å². The van der Waals surface area contributed by atoms with E-state index in [0.29, 0.717) is 39.9 Å². The number of aromatic nitrogens is 4. The Morgan fingerprint density at radius 2 is 1.88 bits per heavy atom. The molecule has 0 radical (unpaired) electrons. The van der Waals surface area contributed by atoms with Gasteiger partial charge >= 0.3 is 0 Å². The summed E-state index contributed by atoms with van der Waals surface area (Å²) >= 11 is 6.13. The monoisotopic (exact) mass is 479 g/mol. The first-order valence-corrected chi connectivity index (χ1v) is 11.4. The van der Waals surface area contributed by atoms with Gasteiger partial charge in [-0.2, -0.15) is 5.10 Å². The van der Waals surface area contributed by atoms with Gasteiger partial charge in [-0.3, -0.25) is 14.2 Å². The maximum absolute atomic E-state index is 13.2. The van der Waals surface area contributed by atoms with E-state index in [1.807, 2.05) is 45.0 Å². The van der Waals surface area contributed by atoms with Crippen LogP contribution in [0.4, 0.5) is 5.69 Å². The van der Waals surface area contributed by atoms with Crippen LogP contribution in [0.1, 0.15) is 30.3 Å². The van der Waals surface area contributed by atoms with Crippen molar-refractivity contribution in [1.29, 1.82) is 0 Å². The number of hydrogen-bond donors (Lipinski definition) is 1. The lowest BCUT2D eigenvalue weighted by atomic mass is 10.2. The molecular formula is C25H26ClN5O3. The summed E-state index contributed by atoms with van der Waals surface area (Å²) in [6.07, 6.45) is 0.311. The molecule has 34 heavy (non-hydrogen) atoms. The minimum absolute atomic E-state index is 0.103. The zero-order valence-electron chi connectivity index (χ0n) is 19.6. The lowest BCUT2D eigenvalue weighted by Crippen LogP contribution is -2.27. The van der Waals surface area contributed by atoms with Crippen molar-refractivity contribution in [3.8, 4) is 11.4 Å². The molecule has 1 amide bonds. The van der Waals surface area contributed by atoms with Gasteiger partial charge in [-0.25, -0.2) is 9.67 Å². The van der Waals surface area contributed by atoms with Crippen molar-refractivity contribution < 1.29 is 9.53 Å². The third-order valence-electron chi connectivity index (χ3n) is 5.62. The number of fused-ring (bicyclic) bond motifs is 1. The summed E-state index contributed by atoms with van der Waals surface area (Å²) in [5.74, 6) is 0.288. The van der Waals surface area contributed by atoms with E-state index in [2.05, 4.69) is 15.4 Å². The highest BCUT2D eigenvalue weighted by Gasteiger charge is 2.19. The Hall–Kier alpha value is -3.65. The summed E-state index contributed by atoms with van der Waals surface area (Å²) in [6, 6.07) is 13.0. The molecule has 0 saturated heterocycles. The summed E-state index contributed by atoms with van der Waals surface area (Å²) in [5, 5.41) is 7.85. The fourth-order valence-corrected chi connectivity index (χ4v) is 4.09. The van der Waals surface area contributed by atoms with Crippen LogP contribution < -0.4 is 15.6 Å². The largest absolute Gasteiger partial charge is 0.495 e. The third kappa shape index (κ3) is 4.54. The van der Waals surface area contributed by atoms with Gasteiger partial charge in [0.25, 0.3) is 5.56 Å². The van der Waals surface area contributed by atoms with Gasteiger partial charge in [-0.05, 0) is 51.1 Å². The lowest BCUT2D eigenvalue weighted by Gasteiger charge is -2.11. The number of nitrogens with one attached hydrogen (secondary N) is 1. The number of benzene rings is 2. The number of nitrogens with zero attached hydrogens (tertiary/aromatic N) is 4. The molecule has 2 heterocycles. The van der Waals surface area contributed by atoms with E-state index >= 15 is 0 Å². The van der Waals surface area contributed by atoms with Crippen molar-refractivity contribution >= 4 is 34.4 Å². The van der Waals surface area contributed by atoms with Gasteiger partial charge < -0.3 is 10.1 Å². The Morgan fingerprint density at radius 3 is 2.53 bits per heavy atom. The van der Waals surface area contributed by atoms with E-state index in [0.717, 1.165) is 16.9 Å². The van der Waals surface area contributed by atoms with Gasteiger partial charge in [0.1, 0.15) is 17.0 Å². The van der Waals surface area contributed by atoms with E-state index in [1.165, 1.54) is 7.11 Å². The van der Waals surface area contributed by atoms with Crippen molar-refractivity contribution in [3.63, 3.8) is 0 Å². The molecule has 4 rings (SSSR count). The Bertz CT molecular complexity index is 1420. The molecule has 0 saturated carbocycles. The van der Waals surface area contributed by atoms with Crippen molar-refractivity contribution in [1.82, 2.24) is 19.3 Å². The lowest BCUT2D eigenvalue weighted by molar-refractivity contribution is -0.116. The second-order valence-corrected chi connectivity index (χ2v) is 8.42. The molecule has 0 fully saturated rings. The SMILES string of the molecule is CCn1c(=O)c(CCC(=O)Nc2ccc(OC)c(Cl)c2)nc2c(C)nn(-c3ccc(C)cc3)c21. The number of carbonyl (C=O) groups excluding carboxylic acids is 1. The van der Waals surface area contributed by atoms with Crippen LogP contribution in [0.25, 0.3) is 16.9 Å². The molecule has 9 heteroatoms. The molecule has 2 aromatic heterocycles. The minimum atomic E-state index is -0.238. The Balaban J connectivity index is 1.61. The molecule has 0 aliphatic heterocycles. The van der Waals surface area contributed by atoms with Crippen LogP contribution in [0.15, 0.2) is 47.3 Å². The first-order valence-electron chi connectivity index (χ1n) is 11.0. The van der Waals surface area contributed by atoms with Crippen LogP contribution in [0.3, 0.4) is 0 Å². The number of ether oxygens (including phenoxy) is 1. The quantitative estimate of drug-likeness (QED) is 0.423. The van der Waals surface area contributed by atoms with Crippen LogP contribution >= 0.6 is 11.6 Å². The zero-order chi connectivity index (χ0) is 24.4. The van der Waals surface area contributed by atoms with Gasteiger partial charge in [0.2, 0.25) is 5.91 Å². The summed E-state index contributed by atoms with van der Waals surface area (Å²) in [4.78, 5) is 30.4. The smallest absolute Gasteiger partial charge is 0.273 e. The average molecular weight is 480 g/mol. The van der Waals surface area contributed by atoms with Gasteiger partial charge in [0.05, 0.1) is 23.5 Å². The number of anilines is 1.